The summed E-state index contributed by atoms with van der Waals surface area (Å²) < 4.78 is 0.719. The van der Waals surface area contributed by atoms with Gasteiger partial charge in [0, 0.05) is 39.8 Å². The van der Waals surface area contributed by atoms with E-state index in [1.807, 2.05) is 30.5 Å². The highest BCUT2D eigenvalue weighted by Gasteiger charge is 2.20. The van der Waals surface area contributed by atoms with E-state index < -0.39 is 10.8 Å². The van der Waals surface area contributed by atoms with Gasteiger partial charge >= 0.3 is 0 Å². The molecule has 0 aliphatic heterocycles. The summed E-state index contributed by atoms with van der Waals surface area (Å²) >= 11 is 2.65. The minimum absolute atomic E-state index is 0.120. The van der Waals surface area contributed by atoms with Crippen molar-refractivity contribution in [3.8, 4) is 0 Å². The average Bonchev–Trinajstić information content (AvgIpc) is 3.31. The Morgan fingerprint density at radius 1 is 1.29 bits per heavy atom. The number of hydrogen-bond donors (Lipinski definition) is 2. The number of amides is 1. The summed E-state index contributed by atoms with van der Waals surface area (Å²) in [7, 11) is 0. The molecule has 2 heterocycles. The Balaban J connectivity index is 1.62. The van der Waals surface area contributed by atoms with E-state index in [4.69, 9.17) is 0 Å². The van der Waals surface area contributed by atoms with Crippen molar-refractivity contribution < 1.29 is 9.72 Å². The van der Waals surface area contributed by atoms with Crippen LogP contribution in [0, 0.1) is 17.0 Å². The number of anilines is 1. The van der Waals surface area contributed by atoms with Gasteiger partial charge in [-0.05, 0) is 37.3 Å². The van der Waals surface area contributed by atoms with Gasteiger partial charge in [-0.15, -0.1) is 11.3 Å². The normalized spacial score (nSPS) is 10.9. The van der Waals surface area contributed by atoms with Gasteiger partial charge < -0.3 is 10.3 Å². The van der Waals surface area contributed by atoms with Crippen molar-refractivity contribution in [3.63, 3.8) is 0 Å². The highest BCUT2D eigenvalue weighted by molar-refractivity contribution is 8.01. The van der Waals surface area contributed by atoms with Gasteiger partial charge in [0.1, 0.15) is 0 Å². The first-order valence-corrected chi connectivity index (χ1v) is 9.97. The lowest BCUT2D eigenvalue weighted by Crippen LogP contribution is -2.12. The molecule has 0 aliphatic rings. The Morgan fingerprint density at radius 3 is 2.89 bits per heavy atom. The second kappa shape index (κ2) is 7.45. The monoisotopic (exact) mass is 410 g/mol. The number of H-pyrrole nitrogens is 1. The molecule has 0 spiro atoms. The zero-order valence-electron chi connectivity index (χ0n) is 14.6. The number of nitrogens with one attached hydrogen (secondary N) is 2. The number of nitro benzene ring substituents is 1. The molecule has 28 heavy (non-hydrogen) atoms. The maximum atomic E-state index is 12.7. The molecule has 2 aromatic heterocycles. The number of carbonyl (C=O) groups excluding carboxylic acids is 1. The summed E-state index contributed by atoms with van der Waals surface area (Å²) in [6.07, 6.45) is 1.79. The highest BCUT2D eigenvalue weighted by atomic mass is 32.2. The molecule has 4 aromatic rings. The zero-order valence-corrected chi connectivity index (χ0v) is 16.3. The van der Waals surface area contributed by atoms with Crippen LogP contribution in [0.15, 0.2) is 63.3 Å². The molecule has 7 nitrogen and oxygen atoms in total. The van der Waals surface area contributed by atoms with E-state index in [2.05, 4.69) is 15.3 Å². The van der Waals surface area contributed by atoms with Crippen molar-refractivity contribution in [2.45, 2.75) is 16.2 Å². The van der Waals surface area contributed by atoms with E-state index in [0.717, 1.165) is 20.9 Å². The van der Waals surface area contributed by atoms with Crippen LogP contribution < -0.4 is 5.32 Å². The third-order valence-corrected chi connectivity index (χ3v) is 6.18. The minimum Gasteiger partial charge on any atom is -0.361 e. The number of aromatic amines is 1. The number of nitrogens with zero attached hydrogens (tertiary/aromatic N) is 2. The van der Waals surface area contributed by atoms with Gasteiger partial charge in [0.25, 0.3) is 11.6 Å². The first-order chi connectivity index (χ1) is 13.5. The standard InChI is InChI=1S/C19H14N4O3S2/c1-11-10-27-19(21-11)28-17-6-5-12(9-16(17)23(25)26)18(24)22-15-4-2-3-14-13(15)7-8-20-14/h2-10,20H,1H3,(H,22,24). The topological polar surface area (TPSA) is 101 Å². The number of rotatable bonds is 5. The van der Waals surface area contributed by atoms with Crippen molar-refractivity contribution in [1.82, 2.24) is 9.97 Å². The third kappa shape index (κ3) is 3.62. The van der Waals surface area contributed by atoms with Crippen LogP contribution in [0.5, 0.6) is 0 Å². The summed E-state index contributed by atoms with van der Waals surface area (Å²) in [6.45, 7) is 1.87. The van der Waals surface area contributed by atoms with Gasteiger partial charge in [0.15, 0.2) is 4.34 Å². The molecule has 4 rings (SSSR count). The van der Waals surface area contributed by atoms with Gasteiger partial charge in [0.05, 0.1) is 15.5 Å². The fourth-order valence-electron chi connectivity index (χ4n) is 2.75. The summed E-state index contributed by atoms with van der Waals surface area (Å²) in [4.78, 5) is 31.6. The van der Waals surface area contributed by atoms with Crippen molar-refractivity contribution in [2.75, 3.05) is 5.32 Å². The second-order valence-electron chi connectivity index (χ2n) is 6.00. The first-order valence-electron chi connectivity index (χ1n) is 8.27. The predicted octanol–water partition coefficient (Wildman–Crippen LogP) is 5.24. The number of thiazole rings is 1. The minimum atomic E-state index is -0.480. The molecule has 0 fully saturated rings. The van der Waals surface area contributed by atoms with Crippen molar-refractivity contribution in [3.05, 3.63) is 75.4 Å². The Morgan fingerprint density at radius 2 is 2.14 bits per heavy atom. The van der Waals surface area contributed by atoms with Crippen LogP contribution in [0.2, 0.25) is 0 Å². The maximum Gasteiger partial charge on any atom is 0.284 e. The molecule has 2 N–H and O–H groups in total. The van der Waals surface area contributed by atoms with Gasteiger partial charge in [0.2, 0.25) is 0 Å². The average molecular weight is 410 g/mol. The SMILES string of the molecule is Cc1csc(Sc2ccc(C(=O)Nc3cccc4[nH]ccc34)cc2[N+](=O)[O-])n1. The molecule has 0 aliphatic carbocycles. The quantitative estimate of drug-likeness (QED) is 0.346. The summed E-state index contributed by atoms with van der Waals surface area (Å²) in [5.74, 6) is -0.404. The largest absolute Gasteiger partial charge is 0.361 e. The Kier molecular flexibility index (Phi) is 4.84. The molecule has 0 unspecified atom stereocenters. The molecule has 0 saturated carbocycles. The number of fused-ring (bicyclic) bond motifs is 1. The Bertz CT molecular complexity index is 1200. The van der Waals surface area contributed by atoms with E-state index in [1.54, 1.807) is 24.4 Å². The molecule has 2 aromatic carbocycles. The van der Waals surface area contributed by atoms with Crippen molar-refractivity contribution in [2.24, 2.45) is 0 Å². The van der Waals surface area contributed by atoms with E-state index in [-0.39, 0.29) is 11.3 Å². The summed E-state index contributed by atoms with van der Waals surface area (Å²) in [6, 6.07) is 11.9. The molecule has 0 bridgehead atoms. The molecule has 140 valence electrons. The fourth-order valence-corrected chi connectivity index (χ4v) is 4.63. The molecule has 9 heteroatoms. The predicted molar refractivity (Wildman–Crippen MR) is 110 cm³/mol. The van der Waals surface area contributed by atoms with E-state index in [0.29, 0.717) is 10.6 Å². The number of hydrogen-bond acceptors (Lipinski definition) is 6. The lowest BCUT2D eigenvalue weighted by Gasteiger charge is -2.08. The van der Waals surface area contributed by atoms with Crippen LogP contribution >= 0.6 is 23.1 Å². The highest BCUT2D eigenvalue weighted by Crippen LogP contribution is 2.37. The van der Waals surface area contributed by atoms with Crippen LogP contribution in [0.4, 0.5) is 11.4 Å². The third-order valence-electron chi connectivity index (χ3n) is 4.06. The smallest absolute Gasteiger partial charge is 0.284 e. The fraction of sp³-hybridized carbons (Fsp3) is 0.0526. The van der Waals surface area contributed by atoms with Gasteiger partial charge in [-0.3, -0.25) is 14.9 Å². The number of aromatic nitrogens is 2. The second-order valence-corrected chi connectivity index (χ2v) is 8.14. The lowest BCUT2D eigenvalue weighted by atomic mass is 10.1. The van der Waals surface area contributed by atoms with Crippen molar-refractivity contribution >= 4 is 51.3 Å². The molecular weight excluding hydrogens is 396 g/mol. The van der Waals surface area contributed by atoms with E-state index in [1.165, 1.54) is 29.2 Å². The van der Waals surface area contributed by atoms with Gasteiger partial charge in [-0.25, -0.2) is 4.98 Å². The lowest BCUT2D eigenvalue weighted by molar-refractivity contribution is -0.387. The molecule has 0 saturated heterocycles. The van der Waals surface area contributed by atoms with Crippen LogP contribution in [-0.4, -0.2) is 20.8 Å². The van der Waals surface area contributed by atoms with Gasteiger partial charge in [-0.1, -0.05) is 17.8 Å². The molecule has 1 amide bonds. The molecule has 0 atom stereocenters. The summed E-state index contributed by atoms with van der Waals surface area (Å²) in [5, 5.41) is 17.1. The number of benzene rings is 2. The number of nitro groups is 1. The molecular formula is C19H14N4O3S2. The van der Waals surface area contributed by atoms with Crippen LogP contribution in [0.1, 0.15) is 16.1 Å². The van der Waals surface area contributed by atoms with Crippen LogP contribution in [0.25, 0.3) is 10.9 Å². The molecule has 0 radical (unpaired) electrons. The van der Waals surface area contributed by atoms with Crippen molar-refractivity contribution in [1.29, 1.82) is 0 Å². The summed E-state index contributed by atoms with van der Waals surface area (Å²) in [5.41, 5.74) is 2.51. The Labute approximate surface area is 168 Å². The van der Waals surface area contributed by atoms with Gasteiger partial charge in [-0.2, -0.15) is 0 Å². The van der Waals surface area contributed by atoms with E-state index >= 15 is 0 Å². The Hall–Kier alpha value is -3.17. The number of aryl methyl sites for hydroxylation is 1. The van der Waals surface area contributed by atoms with Crippen LogP contribution in [-0.2, 0) is 0 Å². The van der Waals surface area contributed by atoms with Crippen LogP contribution in [0.3, 0.4) is 0 Å². The zero-order chi connectivity index (χ0) is 19.7. The maximum absolute atomic E-state index is 12.7. The number of carbonyl (C=O) groups is 1. The first kappa shape index (κ1) is 18.2. The van der Waals surface area contributed by atoms with E-state index in [9.17, 15) is 14.9 Å².